The second-order valence-corrected chi connectivity index (χ2v) is 7.00. The summed E-state index contributed by atoms with van der Waals surface area (Å²) in [6, 6.07) is 0. The minimum atomic E-state index is -3.05. The van der Waals surface area contributed by atoms with E-state index in [0.29, 0.717) is 32.0 Å². The van der Waals surface area contributed by atoms with Gasteiger partial charge in [0.2, 0.25) is 15.9 Å². The van der Waals surface area contributed by atoms with Gasteiger partial charge in [0, 0.05) is 26.1 Å². The van der Waals surface area contributed by atoms with E-state index in [-0.39, 0.29) is 5.91 Å². The van der Waals surface area contributed by atoms with Gasteiger partial charge in [0.1, 0.15) is 0 Å². The van der Waals surface area contributed by atoms with Crippen LogP contribution in [0.15, 0.2) is 0 Å². The summed E-state index contributed by atoms with van der Waals surface area (Å²) >= 11 is 3.53. The fraction of sp³-hybridized carbons (Fsp3) is 0.923. The van der Waals surface area contributed by atoms with Crippen LogP contribution >= 0.6 is 12.6 Å². The molecule has 0 aromatic carbocycles. The molecular weight excluding hydrogens is 296 g/mol. The van der Waals surface area contributed by atoms with Crippen molar-refractivity contribution in [1.29, 1.82) is 0 Å². The van der Waals surface area contributed by atoms with Crippen LogP contribution < -0.4 is 5.32 Å². The molecule has 5 nitrogen and oxygen atoms in total. The third kappa shape index (κ3) is 8.11. The lowest BCUT2D eigenvalue weighted by Crippen LogP contribution is -2.41. The van der Waals surface area contributed by atoms with Gasteiger partial charge < -0.3 is 5.32 Å². The molecule has 1 saturated heterocycles. The topological polar surface area (TPSA) is 66.5 Å². The maximum Gasteiger partial charge on any atom is 0.220 e. The van der Waals surface area contributed by atoms with Crippen molar-refractivity contribution >= 4 is 28.6 Å². The average Bonchev–Trinajstić information content (AvgIpc) is 2.44. The van der Waals surface area contributed by atoms with Gasteiger partial charge in [-0.05, 0) is 31.4 Å². The lowest BCUT2D eigenvalue weighted by atomic mass is 9.98. The Hall–Kier alpha value is -0.270. The Morgan fingerprint density at radius 2 is 1.85 bits per heavy atom. The summed E-state index contributed by atoms with van der Waals surface area (Å²) in [5, 5.41) is 2.93. The highest BCUT2D eigenvalue weighted by Crippen LogP contribution is 2.18. The molecule has 0 bridgehead atoms. The first kappa shape index (κ1) is 19.7. The third-order valence-corrected chi connectivity index (χ3v) is 4.69. The predicted octanol–water partition coefficient (Wildman–Crippen LogP) is 1.51. The van der Waals surface area contributed by atoms with Crippen LogP contribution in [0.3, 0.4) is 0 Å². The van der Waals surface area contributed by atoms with Crippen LogP contribution in [-0.2, 0) is 14.8 Å². The van der Waals surface area contributed by atoms with E-state index < -0.39 is 10.0 Å². The number of thiol groups is 1. The number of carbonyl (C=O) groups is 1. The maximum absolute atomic E-state index is 11.5. The molecule has 1 heterocycles. The molecule has 1 rings (SSSR count). The monoisotopic (exact) mass is 324 g/mol. The molecule has 1 fully saturated rings. The van der Waals surface area contributed by atoms with Gasteiger partial charge in [0.25, 0.3) is 0 Å². The highest BCUT2D eigenvalue weighted by atomic mass is 32.2. The Morgan fingerprint density at radius 3 is 2.30 bits per heavy atom. The number of nitrogens with one attached hydrogen (secondary N) is 1. The second kappa shape index (κ2) is 10.5. The van der Waals surface area contributed by atoms with Crippen molar-refractivity contribution in [2.24, 2.45) is 5.92 Å². The molecule has 120 valence electrons. The Kier molecular flexibility index (Phi) is 10.3. The van der Waals surface area contributed by atoms with Crippen molar-refractivity contribution in [3.63, 3.8) is 0 Å². The van der Waals surface area contributed by atoms with Crippen molar-refractivity contribution in [3.8, 4) is 0 Å². The van der Waals surface area contributed by atoms with Crippen LogP contribution in [0.25, 0.3) is 0 Å². The Morgan fingerprint density at radius 1 is 1.30 bits per heavy atom. The van der Waals surface area contributed by atoms with E-state index in [9.17, 15) is 13.2 Å². The summed E-state index contributed by atoms with van der Waals surface area (Å²) in [5.41, 5.74) is 0. The molecule has 0 spiro atoms. The number of hydrogen-bond acceptors (Lipinski definition) is 4. The highest BCUT2D eigenvalue weighted by Gasteiger charge is 2.24. The summed E-state index contributed by atoms with van der Waals surface area (Å²) < 4.78 is 24.2. The normalized spacial score (nSPS) is 17.2. The molecule has 1 amide bonds. The van der Waals surface area contributed by atoms with E-state index in [4.69, 9.17) is 0 Å². The first-order valence-corrected chi connectivity index (χ1v) is 9.84. The third-order valence-electron chi connectivity index (χ3n) is 3.39. The summed E-state index contributed by atoms with van der Waals surface area (Å²) in [4.78, 5) is 11.5. The summed E-state index contributed by atoms with van der Waals surface area (Å²) in [7, 11) is -3.05. The smallest absolute Gasteiger partial charge is 0.220 e. The van der Waals surface area contributed by atoms with Gasteiger partial charge in [-0.3, -0.25) is 4.79 Å². The van der Waals surface area contributed by atoms with E-state index in [1.54, 1.807) is 6.26 Å². The minimum absolute atomic E-state index is 0.113. The number of amides is 1. The molecule has 1 aliphatic rings. The highest BCUT2D eigenvalue weighted by molar-refractivity contribution is 7.88. The van der Waals surface area contributed by atoms with Crippen LogP contribution in [-0.4, -0.2) is 50.8 Å². The molecule has 0 aliphatic carbocycles. The number of unbranched alkanes of at least 4 members (excludes halogenated alkanes) is 1. The molecule has 20 heavy (non-hydrogen) atoms. The van der Waals surface area contributed by atoms with Crippen LogP contribution in [0.5, 0.6) is 0 Å². The zero-order valence-electron chi connectivity index (χ0n) is 12.8. The Balaban J connectivity index is 0.00000172. The van der Waals surface area contributed by atoms with Gasteiger partial charge in [-0.1, -0.05) is 13.3 Å². The first-order chi connectivity index (χ1) is 9.43. The number of nitrogens with zero attached hydrogens (tertiary/aromatic N) is 1. The van der Waals surface area contributed by atoms with Crippen LogP contribution in [0.2, 0.25) is 0 Å². The standard InChI is InChI=1S/C12H24N2O3S.CH4S/c1-3-4-5-12(15)13-10-11-6-8-14(9-7-11)18(2,16)17;1-2/h11H,3-10H2,1-2H3,(H,13,15);2H,1H3. The fourth-order valence-electron chi connectivity index (χ4n) is 2.13. The number of piperidine rings is 1. The number of rotatable bonds is 6. The van der Waals surface area contributed by atoms with Crippen LogP contribution in [0.1, 0.15) is 39.0 Å². The predicted molar refractivity (Wildman–Crippen MR) is 86.6 cm³/mol. The van der Waals surface area contributed by atoms with E-state index in [1.807, 2.05) is 0 Å². The van der Waals surface area contributed by atoms with Crippen molar-refractivity contribution in [2.75, 3.05) is 32.1 Å². The molecular formula is C13H28N2O3S2. The summed E-state index contributed by atoms with van der Waals surface area (Å²) in [6.07, 6.45) is 7.17. The summed E-state index contributed by atoms with van der Waals surface area (Å²) in [6.45, 7) is 3.90. The molecule has 0 saturated carbocycles. The van der Waals surface area contributed by atoms with Gasteiger partial charge in [0.05, 0.1) is 6.26 Å². The minimum Gasteiger partial charge on any atom is -0.356 e. The van der Waals surface area contributed by atoms with Crippen LogP contribution in [0, 0.1) is 5.92 Å². The molecule has 0 radical (unpaired) electrons. The maximum atomic E-state index is 11.5. The molecule has 1 aliphatic heterocycles. The number of carbonyl (C=O) groups excluding carboxylic acids is 1. The van der Waals surface area contributed by atoms with Crippen molar-refractivity contribution < 1.29 is 13.2 Å². The van der Waals surface area contributed by atoms with E-state index in [1.165, 1.54) is 10.6 Å². The van der Waals surface area contributed by atoms with E-state index in [0.717, 1.165) is 25.7 Å². The number of sulfonamides is 1. The molecule has 7 heteroatoms. The zero-order chi connectivity index (χ0) is 15.6. The molecule has 0 unspecified atom stereocenters. The average molecular weight is 325 g/mol. The van der Waals surface area contributed by atoms with Gasteiger partial charge in [-0.2, -0.15) is 12.6 Å². The van der Waals surface area contributed by atoms with E-state index >= 15 is 0 Å². The van der Waals surface area contributed by atoms with Gasteiger partial charge >= 0.3 is 0 Å². The lowest BCUT2D eigenvalue weighted by Gasteiger charge is -2.30. The van der Waals surface area contributed by atoms with Crippen molar-refractivity contribution in [1.82, 2.24) is 9.62 Å². The van der Waals surface area contributed by atoms with Gasteiger partial charge in [-0.25, -0.2) is 12.7 Å². The molecule has 0 atom stereocenters. The van der Waals surface area contributed by atoms with Crippen molar-refractivity contribution in [3.05, 3.63) is 0 Å². The quantitative estimate of drug-likeness (QED) is 0.728. The largest absolute Gasteiger partial charge is 0.356 e. The first-order valence-electron chi connectivity index (χ1n) is 7.10. The zero-order valence-corrected chi connectivity index (χ0v) is 14.5. The SMILES string of the molecule is CCCCC(=O)NCC1CCN(S(C)(=O)=O)CC1.CS. The van der Waals surface area contributed by atoms with Gasteiger partial charge in [-0.15, -0.1) is 0 Å². The Bertz CT molecular complexity index is 364. The summed E-state index contributed by atoms with van der Waals surface area (Å²) in [5.74, 6) is 0.524. The Labute approximate surface area is 129 Å². The van der Waals surface area contributed by atoms with Gasteiger partial charge in [0.15, 0.2) is 0 Å². The lowest BCUT2D eigenvalue weighted by molar-refractivity contribution is -0.121. The van der Waals surface area contributed by atoms with Crippen LogP contribution in [0.4, 0.5) is 0 Å². The molecule has 0 aromatic heterocycles. The number of hydrogen-bond donors (Lipinski definition) is 2. The van der Waals surface area contributed by atoms with E-state index in [2.05, 4.69) is 24.9 Å². The second-order valence-electron chi connectivity index (χ2n) is 5.01. The molecule has 0 aromatic rings. The van der Waals surface area contributed by atoms with Crippen molar-refractivity contribution in [2.45, 2.75) is 39.0 Å². The fourth-order valence-corrected chi connectivity index (χ4v) is 3.00. The molecule has 1 N–H and O–H groups in total.